The predicted octanol–water partition coefficient (Wildman–Crippen LogP) is 1.42. The molecule has 2 amide bonds. The standard InChI is InChI=1S/C16H24N4O3S/c1-12-5-2-3-8-20(12)14-10-19(11-14)16(21)18-13-6-4-7-15(9-13)24(17,22)23/h4,6-7,9,12,14H,2-3,5,8,10-11H2,1H3,(H,18,21)(H2,17,22,23). The van der Waals surface area contributed by atoms with E-state index in [1.54, 1.807) is 17.0 Å². The molecular weight excluding hydrogens is 328 g/mol. The van der Waals surface area contributed by atoms with Crippen molar-refractivity contribution < 1.29 is 13.2 Å². The summed E-state index contributed by atoms with van der Waals surface area (Å²) in [4.78, 5) is 16.5. The zero-order valence-electron chi connectivity index (χ0n) is 13.8. The van der Waals surface area contributed by atoms with Crippen LogP contribution in [-0.2, 0) is 10.0 Å². The third-order valence-corrected chi connectivity index (χ3v) is 5.80. The molecule has 132 valence electrons. The molecule has 7 nitrogen and oxygen atoms in total. The van der Waals surface area contributed by atoms with Crippen molar-refractivity contribution in [3.8, 4) is 0 Å². The van der Waals surface area contributed by atoms with E-state index in [9.17, 15) is 13.2 Å². The van der Waals surface area contributed by atoms with Crippen molar-refractivity contribution in [2.45, 2.75) is 43.2 Å². The van der Waals surface area contributed by atoms with Gasteiger partial charge in [-0.1, -0.05) is 12.5 Å². The van der Waals surface area contributed by atoms with Gasteiger partial charge in [0.1, 0.15) is 0 Å². The van der Waals surface area contributed by atoms with Crippen molar-refractivity contribution in [2.24, 2.45) is 5.14 Å². The summed E-state index contributed by atoms with van der Waals surface area (Å²) in [5, 5.41) is 7.85. The molecule has 0 saturated carbocycles. The second-order valence-electron chi connectivity index (χ2n) is 6.64. The van der Waals surface area contributed by atoms with Crippen LogP contribution < -0.4 is 10.5 Å². The normalized spacial score (nSPS) is 22.9. The molecule has 0 aliphatic carbocycles. The van der Waals surface area contributed by atoms with E-state index in [0.29, 0.717) is 30.9 Å². The van der Waals surface area contributed by atoms with E-state index < -0.39 is 10.0 Å². The highest BCUT2D eigenvalue weighted by atomic mass is 32.2. The summed E-state index contributed by atoms with van der Waals surface area (Å²) in [5.74, 6) is 0. The Morgan fingerprint density at radius 2 is 2.04 bits per heavy atom. The molecule has 2 saturated heterocycles. The van der Waals surface area contributed by atoms with Crippen LogP contribution in [0.15, 0.2) is 29.2 Å². The molecule has 1 unspecified atom stereocenters. The summed E-state index contributed by atoms with van der Waals surface area (Å²) in [7, 11) is -3.77. The van der Waals surface area contributed by atoms with Crippen molar-refractivity contribution in [3.05, 3.63) is 24.3 Å². The van der Waals surface area contributed by atoms with Crippen LogP contribution in [0.25, 0.3) is 0 Å². The molecule has 1 aromatic rings. The van der Waals surface area contributed by atoms with Crippen LogP contribution in [0.1, 0.15) is 26.2 Å². The van der Waals surface area contributed by atoms with E-state index in [4.69, 9.17) is 5.14 Å². The number of urea groups is 1. The number of anilines is 1. The van der Waals surface area contributed by atoms with E-state index in [1.165, 1.54) is 31.4 Å². The Morgan fingerprint density at radius 3 is 2.71 bits per heavy atom. The van der Waals surface area contributed by atoms with E-state index in [1.807, 2.05) is 0 Å². The molecule has 1 aromatic carbocycles. The molecule has 0 bridgehead atoms. The van der Waals surface area contributed by atoms with Gasteiger partial charge in [-0.05, 0) is 44.5 Å². The van der Waals surface area contributed by atoms with Crippen molar-refractivity contribution in [3.63, 3.8) is 0 Å². The quantitative estimate of drug-likeness (QED) is 0.860. The van der Waals surface area contributed by atoms with Crippen molar-refractivity contribution in [2.75, 3.05) is 25.0 Å². The molecule has 3 N–H and O–H groups in total. The van der Waals surface area contributed by atoms with E-state index in [2.05, 4.69) is 17.1 Å². The first-order valence-electron chi connectivity index (χ1n) is 8.29. The SMILES string of the molecule is CC1CCCCN1C1CN(C(=O)Nc2cccc(S(N)(=O)=O)c2)C1. The molecule has 0 spiro atoms. The second-order valence-corrected chi connectivity index (χ2v) is 8.21. The Labute approximate surface area is 142 Å². The van der Waals surface area contributed by atoms with Gasteiger partial charge in [-0.3, -0.25) is 4.90 Å². The van der Waals surface area contributed by atoms with Crippen molar-refractivity contribution in [1.82, 2.24) is 9.80 Å². The van der Waals surface area contributed by atoms with Gasteiger partial charge in [-0.25, -0.2) is 18.4 Å². The fourth-order valence-electron chi connectivity index (χ4n) is 3.45. The molecular formula is C16H24N4O3S. The highest BCUT2D eigenvalue weighted by molar-refractivity contribution is 7.89. The van der Waals surface area contributed by atoms with Gasteiger partial charge in [0.25, 0.3) is 0 Å². The number of nitrogens with zero attached hydrogens (tertiary/aromatic N) is 2. The number of benzene rings is 1. The number of nitrogens with one attached hydrogen (secondary N) is 1. The van der Waals surface area contributed by atoms with Crippen molar-refractivity contribution in [1.29, 1.82) is 0 Å². The van der Waals surface area contributed by atoms with Gasteiger partial charge in [-0.2, -0.15) is 0 Å². The Hall–Kier alpha value is -1.64. The second kappa shape index (κ2) is 6.70. The van der Waals surface area contributed by atoms with Crippen LogP contribution in [0.2, 0.25) is 0 Å². The van der Waals surface area contributed by atoms with Crippen LogP contribution >= 0.6 is 0 Å². The first-order chi connectivity index (χ1) is 11.3. The van der Waals surface area contributed by atoms with Gasteiger partial charge in [0, 0.05) is 30.9 Å². The number of amides is 2. The smallest absolute Gasteiger partial charge is 0.321 e. The zero-order chi connectivity index (χ0) is 17.3. The number of hydrogen-bond acceptors (Lipinski definition) is 4. The number of piperidine rings is 1. The molecule has 24 heavy (non-hydrogen) atoms. The summed E-state index contributed by atoms with van der Waals surface area (Å²) in [6.07, 6.45) is 3.74. The van der Waals surface area contributed by atoms with Gasteiger partial charge < -0.3 is 10.2 Å². The first-order valence-corrected chi connectivity index (χ1v) is 9.84. The van der Waals surface area contributed by atoms with E-state index in [-0.39, 0.29) is 10.9 Å². The highest BCUT2D eigenvalue weighted by Crippen LogP contribution is 2.25. The lowest BCUT2D eigenvalue weighted by Crippen LogP contribution is -2.64. The number of nitrogens with two attached hydrogens (primary N) is 1. The van der Waals surface area contributed by atoms with Gasteiger partial charge in [-0.15, -0.1) is 0 Å². The summed E-state index contributed by atoms with van der Waals surface area (Å²) in [5.41, 5.74) is 0.432. The maximum absolute atomic E-state index is 12.3. The molecule has 2 aliphatic rings. The van der Waals surface area contributed by atoms with Crippen LogP contribution in [0.3, 0.4) is 0 Å². The maximum atomic E-state index is 12.3. The maximum Gasteiger partial charge on any atom is 0.321 e. The lowest BCUT2D eigenvalue weighted by atomic mass is 9.98. The van der Waals surface area contributed by atoms with Crippen molar-refractivity contribution >= 4 is 21.7 Å². The molecule has 8 heteroatoms. The van der Waals surface area contributed by atoms with Crippen LogP contribution in [0.5, 0.6) is 0 Å². The van der Waals surface area contributed by atoms with E-state index in [0.717, 1.165) is 6.54 Å². The minimum absolute atomic E-state index is 0.0103. The highest BCUT2D eigenvalue weighted by Gasteiger charge is 2.37. The van der Waals surface area contributed by atoms with Gasteiger partial charge in [0.05, 0.1) is 4.90 Å². The molecule has 1 atom stereocenters. The minimum Gasteiger partial charge on any atom is -0.321 e. The zero-order valence-corrected chi connectivity index (χ0v) is 14.6. The topological polar surface area (TPSA) is 95.7 Å². The van der Waals surface area contributed by atoms with Crippen LogP contribution in [-0.4, -0.2) is 56.0 Å². The third-order valence-electron chi connectivity index (χ3n) is 4.89. The van der Waals surface area contributed by atoms with Gasteiger partial charge in [0.15, 0.2) is 0 Å². The number of primary sulfonamides is 1. The number of sulfonamides is 1. The fraction of sp³-hybridized carbons (Fsp3) is 0.562. The molecule has 2 fully saturated rings. The predicted molar refractivity (Wildman–Crippen MR) is 92.2 cm³/mol. The van der Waals surface area contributed by atoms with Gasteiger partial charge in [0.2, 0.25) is 10.0 Å². The average molecular weight is 352 g/mol. The summed E-state index contributed by atoms with van der Waals surface area (Å²) in [6, 6.07) is 6.80. The Bertz CT molecular complexity index is 716. The monoisotopic (exact) mass is 352 g/mol. The fourth-order valence-corrected chi connectivity index (χ4v) is 4.01. The molecule has 2 heterocycles. The third kappa shape index (κ3) is 3.71. The molecule has 0 aromatic heterocycles. The van der Waals surface area contributed by atoms with E-state index >= 15 is 0 Å². The summed E-state index contributed by atoms with van der Waals surface area (Å²) >= 11 is 0. The van der Waals surface area contributed by atoms with Gasteiger partial charge >= 0.3 is 6.03 Å². The molecule has 3 rings (SSSR count). The Morgan fingerprint density at radius 1 is 1.29 bits per heavy atom. The number of hydrogen-bond donors (Lipinski definition) is 2. The number of likely N-dealkylation sites (tertiary alicyclic amines) is 2. The summed E-state index contributed by atoms with van der Waals surface area (Å²) in [6.45, 7) is 4.79. The lowest BCUT2D eigenvalue weighted by molar-refractivity contribution is 0.0199. The first kappa shape index (κ1) is 17.2. The average Bonchev–Trinajstić information content (AvgIpc) is 2.47. The minimum atomic E-state index is -3.77. The molecule has 0 radical (unpaired) electrons. The number of carbonyl (C=O) groups is 1. The largest absolute Gasteiger partial charge is 0.321 e. The molecule has 2 aliphatic heterocycles. The van der Waals surface area contributed by atoms with Crippen LogP contribution in [0.4, 0.5) is 10.5 Å². The summed E-state index contributed by atoms with van der Waals surface area (Å²) < 4.78 is 22.7. The number of carbonyl (C=O) groups excluding carboxylic acids is 1. The van der Waals surface area contributed by atoms with Crippen LogP contribution in [0, 0.1) is 0 Å². The number of rotatable bonds is 3. The Kier molecular flexibility index (Phi) is 4.80. The lowest BCUT2D eigenvalue weighted by Gasteiger charge is -2.49. The Balaban J connectivity index is 1.56.